The minimum Gasteiger partial charge on any atom is -0.179 e. The van der Waals surface area contributed by atoms with Crippen LogP contribution in [0.3, 0.4) is 0 Å². The quantitative estimate of drug-likeness (QED) is 0.296. The van der Waals surface area contributed by atoms with Crippen LogP contribution < -0.4 is 0 Å². The Morgan fingerprint density at radius 3 is 1.58 bits per heavy atom. The zero-order valence-electron chi connectivity index (χ0n) is 13.0. The molecular formula is C18H36S. The number of rotatable bonds is 12. The van der Waals surface area contributed by atoms with Crippen molar-refractivity contribution < 1.29 is 0 Å². The Labute approximate surface area is 127 Å². The van der Waals surface area contributed by atoms with Gasteiger partial charge in [0, 0.05) is 0 Å². The van der Waals surface area contributed by atoms with E-state index in [0.717, 1.165) is 11.7 Å². The van der Waals surface area contributed by atoms with E-state index in [1.54, 1.807) is 0 Å². The summed E-state index contributed by atoms with van der Waals surface area (Å²) in [6.07, 6.45) is 23.6. The van der Waals surface area contributed by atoms with E-state index in [1.807, 2.05) is 0 Å². The monoisotopic (exact) mass is 284 g/mol. The maximum Gasteiger partial charge on any atom is -0.00979 e. The van der Waals surface area contributed by atoms with Crippen molar-refractivity contribution in [3.63, 3.8) is 0 Å². The minimum absolute atomic E-state index is 1.07. The molecule has 0 N–H and O–H groups in total. The lowest BCUT2D eigenvalue weighted by molar-refractivity contribution is 0.328. The molecule has 1 fully saturated rings. The molecular weight excluding hydrogens is 248 g/mol. The van der Waals surface area contributed by atoms with Crippen LogP contribution in [0.25, 0.3) is 0 Å². The van der Waals surface area contributed by atoms with Gasteiger partial charge in [-0.2, -0.15) is 12.6 Å². The first-order valence-electron chi connectivity index (χ1n) is 9.04. The van der Waals surface area contributed by atoms with Crippen molar-refractivity contribution >= 4 is 12.6 Å². The van der Waals surface area contributed by atoms with Crippen LogP contribution in [0.5, 0.6) is 0 Å². The molecule has 1 aliphatic carbocycles. The standard InChI is InChI=1S/C18H36S/c19-17-13-8-6-4-2-1-3-5-7-10-14-18-15-11-9-12-16-18/h18-19H,1-17H2. The highest BCUT2D eigenvalue weighted by Crippen LogP contribution is 2.28. The Balaban J connectivity index is 1.71. The summed E-state index contributed by atoms with van der Waals surface area (Å²) < 4.78 is 0. The molecule has 0 atom stereocenters. The first kappa shape index (κ1) is 17.4. The lowest BCUT2D eigenvalue weighted by Gasteiger charge is -2.21. The third-order valence-electron chi connectivity index (χ3n) is 4.75. The van der Waals surface area contributed by atoms with Crippen molar-refractivity contribution in [2.75, 3.05) is 5.75 Å². The number of thiol groups is 1. The predicted molar refractivity (Wildman–Crippen MR) is 91.2 cm³/mol. The Kier molecular flexibility index (Phi) is 12.2. The fraction of sp³-hybridized carbons (Fsp3) is 1.00. The van der Waals surface area contributed by atoms with Gasteiger partial charge in [-0.1, -0.05) is 96.3 Å². The molecule has 1 saturated carbocycles. The van der Waals surface area contributed by atoms with Crippen LogP contribution in [-0.4, -0.2) is 5.75 Å². The second-order valence-corrected chi connectivity index (χ2v) is 7.00. The summed E-state index contributed by atoms with van der Waals surface area (Å²) in [5.41, 5.74) is 0. The Morgan fingerprint density at radius 1 is 0.579 bits per heavy atom. The molecule has 114 valence electrons. The van der Waals surface area contributed by atoms with Crippen molar-refractivity contribution in [3.05, 3.63) is 0 Å². The molecule has 0 aromatic carbocycles. The predicted octanol–water partition coefficient (Wildman–Crippen LogP) is 6.79. The maximum atomic E-state index is 4.25. The van der Waals surface area contributed by atoms with Gasteiger partial charge in [0.15, 0.2) is 0 Å². The van der Waals surface area contributed by atoms with Crippen molar-refractivity contribution in [3.8, 4) is 0 Å². The van der Waals surface area contributed by atoms with Gasteiger partial charge in [0.25, 0.3) is 0 Å². The molecule has 0 aromatic rings. The molecule has 0 spiro atoms. The molecule has 0 unspecified atom stereocenters. The van der Waals surface area contributed by atoms with Crippen molar-refractivity contribution in [1.82, 2.24) is 0 Å². The van der Waals surface area contributed by atoms with E-state index in [1.165, 1.54) is 103 Å². The molecule has 1 aliphatic rings. The van der Waals surface area contributed by atoms with E-state index in [4.69, 9.17) is 0 Å². The second kappa shape index (κ2) is 13.3. The molecule has 19 heavy (non-hydrogen) atoms. The Bertz CT molecular complexity index is 173. The zero-order valence-corrected chi connectivity index (χ0v) is 13.9. The van der Waals surface area contributed by atoms with Crippen LogP contribution in [0, 0.1) is 5.92 Å². The molecule has 0 amide bonds. The van der Waals surface area contributed by atoms with Gasteiger partial charge in [-0.25, -0.2) is 0 Å². The van der Waals surface area contributed by atoms with Crippen LogP contribution >= 0.6 is 12.6 Å². The normalized spacial score (nSPS) is 16.9. The van der Waals surface area contributed by atoms with Crippen LogP contribution in [0.4, 0.5) is 0 Å². The van der Waals surface area contributed by atoms with Gasteiger partial charge in [0.05, 0.1) is 0 Å². The zero-order chi connectivity index (χ0) is 13.6. The Hall–Kier alpha value is 0.350. The molecule has 0 nitrogen and oxygen atoms in total. The summed E-state index contributed by atoms with van der Waals surface area (Å²) in [5.74, 6) is 2.17. The highest BCUT2D eigenvalue weighted by atomic mass is 32.1. The largest absolute Gasteiger partial charge is 0.179 e. The highest BCUT2D eigenvalue weighted by molar-refractivity contribution is 7.80. The van der Waals surface area contributed by atoms with Gasteiger partial charge in [0.2, 0.25) is 0 Å². The maximum absolute atomic E-state index is 4.25. The molecule has 1 rings (SSSR count). The summed E-state index contributed by atoms with van der Waals surface area (Å²) in [6, 6.07) is 0. The summed E-state index contributed by atoms with van der Waals surface area (Å²) in [7, 11) is 0. The average Bonchev–Trinajstić information content (AvgIpc) is 2.46. The fourth-order valence-corrected chi connectivity index (χ4v) is 3.66. The van der Waals surface area contributed by atoms with Gasteiger partial charge in [-0.05, 0) is 18.1 Å². The summed E-state index contributed by atoms with van der Waals surface area (Å²) in [6.45, 7) is 0. The van der Waals surface area contributed by atoms with E-state index in [9.17, 15) is 0 Å². The minimum atomic E-state index is 1.07. The van der Waals surface area contributed by atoms with Gasteiger partial charge in [0.1, 0.15) is 0 Å². The van der Waals surface area contributed by atoms with E-state index < -0.39 is 0 Å². The van der Waals surface area contributed by atoms with Crippen molar-refractivity contribution in [2.24, 2.45) is 5.92 Å². The molecule has 0 radical (unpaired) electrons. The summed E-state index contributed by atoms with van der Waals surface area (Å²) in [5, 5.41) is 0. The van der Waals surface area contributed by atoms with Gasteiger partial charge in [-0.3, -0.25) is 0 Å². The van der Waals surface area contributed by atoms with E-state index >= 15 is 0 Å². The van der Waals surface area contributed by atoms with Crippen molar-refractivity contribution in [1.29, 1.82) is 0 Å². The van der Waals surface area contributed by atoms with Crippen LogP contribution in [0.2, 0.25) is 0 Å². The number of unbranched alkanes of at least 4 members (excludes halogenated alkanes) is 9. The number of hydrogen-bond acceptors (Lipinski definition) is 1. The lowest BCUT2D eigenvalue weighted by Crippen LogP contribution is -2.05. The van der Waals surface area contributed by atoms with E-state index in [-0.39, 0.29) is 0 Å². The summed E-state index contributed by atoms with van der Waals surface area (Å²) >= 11 is 4.25. The molecule has 0 aromatic heterocycles. The third-order valence-corrected chi connectivity index (χ3v) is 5.06. The van der Waals surface area contributed by atoms with Crippen molar-refractivity contribution in [2.45, 2.75) is 103 Å². The van der Waals surface area contributed by atoms with Crippen LogP contribution in [0.1, 0.15) is 103 Å². The lowest BCUT2D eigenvalue weighted by atomic mass is 9.85. The summed E-state index contributed by atoms with van der Waals surface area (Å²) in [4.78, 5) is 0. The van der Waals surface area contributed by atoms with Crippen LogP contribution in [-0.2, 0) is 0 Å². The van der Waals surface area contributed by atoms with Crippen LogP contribution in [0.15, 0.2) is 0 Å². The fourth-order valence-electron chi connectivity index (χ4n) is 3.43. The van der Waals surface area contributed by atoms with Gasteiger partial charge >= 0.3 is 0 Å². The van der Waals surface area contributed by atoms with Gasteiger partial charge in [-0.15, -0.1) is 0 Å². The highest BCUT2D eigenvalue weighted by Gasteiger charge is 2.12. The smallest absolute Gasteiger partial charge is 0.00979 e. The number of hydrogen-bond donors (Lipinski definition) is 1. The molecule has 0 bridgehead atoms. The molecule has 1 heteroatoms. The topological polar surface area (TPSA) is 0 Å². The Morgan fingerprint density at radius 2 is 1.05 bits per heavy atom. The molecule has 0 saturated heterocycles. The first-order valence-corrected chi connectivity index (χ1v) is 9.67. The molecule has 0 aliphatic heterocycles. The van der Waals surface area contributed by atoms with Gasteiger partial charge < -0.3 is 0 Å². The SMILES string of the molecule is SCCCCCCCCCCCCC1CCCCC1. The van der Waals surface area contributed by atoms with E-state index in [2.05, 4.69) is 12.6 Å². The second-order valence-electron chi connectivity index (χ2n) is 6.55. The average molecular weight is 285 g/mol. The third kappa shape index (κ3) is 10.8. The first-order chi connectivity index (χ1) is 9.43. The van der Waals surface area contributed by atoms with E-state index in [0.29, 0.717) is 0 Å². The molecule has 0 heterocycles.